The Bertz CT molecular complexity index is 1040. The fourth-order valence-corrected chi connectivity index (χ4v) is 4.90. The number of carbonyl (C=O) groups excluding carboxylic acids is 1. The fraction of sp³-hybridized carbons (Fsp3) is 0.333. The number of aliphatic imine (C=N–C) groups is 1. The van der Waals surface area contributed by atoms with Crippen LogP contribution in [-0.4, -0.2) is 51.6 Å². The van der Waals surface area contributed by atoms with Gasteiger partial charge in [0.2, 0.25) is 9.04 Å². The van der Waals surface area contributed by atoms with Gasteiger partial charge in [-0.25, -0.2) is 0 Å². The summed E-state index contributed by atoms with van der Waals surface area (Å²) in [6.07, 6.45) is 9.61. The van der Waals surface area contributed by atoms with Gasteiger partial charge in [0.15, 0.2) is 0 Å². The summed E-state index contributed by atoms with van der Waals surface area (Å²) in [6, 6.07) is 5.83. The molecule has 1 radical (unpaired) electrons. The van der Waals surface area contributed by atoms with Gasteiger partial charge in [-0.3, -0.25) is 9.79 Å². The van der Waals surface area contributed by atoms with Crippen molar-refractivity contribution >= 4 is 31.9 Å². The monoisotopic (exact) mass is 436 g/mol. The zero-order valence-corrected chi connectivity index (χ0v) is 19.8. The summed E-state index contributed by atoms with van der Waals surface area (Å²) in [4.78, 5) is 29.1. The van der Waals surface area contributed by atoms with Crippen molar-refractivity contribution in [1.82, 2.24) is 4.90 Å². The number of amides is 1. The Morgan fingerprint density at radius 1 is 1.39 bits per heavy atom. The highest BCUT2D eigenvalue weighted by molar-refractivity contribution is 6.64. The molecule has 0 saturated carbocycles. The molecule has 0 aromatic heterocycles. The summed E-state index contributed by atoms with van der Waals surface area (Å²) in [7, 11) is 1.83. The SMILES string of the molecule is CCOc1ccc([Si](C)O)cc1C1=CN(C)C(=O)C2=CC=C(C(C=NC)=CN)CC21C. The number of rotatable bonds is 6. The van der Waals surface area contributed by atoms with E-state index >= 15 is 0 Å². The molecule has 1 heterocycles. The van der Waals surface area contributed by atoms with Gasteiger partial charge in [-0.05, 0) is 48.4 Å². The van der Waals surface area contributed by atoms with E-state index in [1.165, 1.54) is 0 Å². The van der Waals surface area contributed by atoms with Gasteiger partial charge in [-0.1, -0.05) is 25.1 Å². The maximum absolute atomic E-state index is 13.1. The Morgan fingerprint density at radius 2 is 2.13 bits per heavy atom. The molecule has 0 bridgehead atoms. The van der Waals surface area contributed by atoms with Crippen LogP contribution in [0, 0.1) is 5.41 Å². The number of hydrogen-bond donors (Lipinski definition) is 2. The Morgan fingerprint density at radius 3 is 2.74 bits per heavy atom. The number of nitrogens with zero attached hydrogens (tertiary/aromatic N) is 2. The largest absolute Gasteiger partial charge is 0.493 e. The van der Waals surface area contributed by atoms with E-state index in [2.05, 4.69) is 11.9 Å². The van der Waals surface area contributed by atoms with Crippen molar-refractivity contribution in [2.75, 3.05) is 20.7 Å². The molecule has 31 heavy (non-hydrogen) atoms. The van der Waals surface area contributed by atoms with Gasteiger partial charge >= 0.3 is 0 Å². The Balaban J connectivity index is 2.22. The maximum Gasteiger partial charge on any atom is 0.254 e. The van der Waals surface area contributed by atoms with Crippen LogP contribution in [0.4, 0.5) is 0 Å². The molecule has 1 atom stereocenters. The Labute approximate surface area is 185 Å². The topological polar surface area (TPSA) is 88.2 Å². The third-order valence-electron chi connectivity index (χ3n) is 5.86. The number of likely N-dealkylation sites (N-methyl/N-ethyl adjacent to an activating group) is 1. The van der Waals surface area contributed by atoms with E-state index in [4.69, 9.17) is 10.5 Å². The van der Waals surface area contributed by atoms with Crippen LogP contribution in [-0.2, 0) is 4.79 Å². The first-order valence-electron chi connectivity index (χ1n) is 10.3. The predicted octanol–water partition coefficient (Wildman–Crippen LogP) is 2.52. The van der Waals surface area contributed by atoms with Crippen LogP contribution in [0.5, 0.6) is 5.75 Å². The molecule has 3 N–H and O–H groups in total. The smallest absolute Gasteiger partial charge is 0.254 e. The van der Waals surface area contributed by atoms with E-state index in [9.17, 15) is 9.59 Å². The van der Waals surface area contributed by atoms with Gasteiger partial charge in [0.25, 0.3) is 5.91 Å². The molecule has 0 fully saturated rings. The molecule has 1 aromatic rings. The van der Waals surface area contributed by atoms with Gasteiger partial charge in [0.1, 0.15) is 5.75 Å². The highest BCUT2D eigenvalue weighted by Crippen LogP contribution is 2.53. The molecule has 1 aliphatic carbocycles. The fourth-order valence-electron chi connectivity index (χ4n) is 4.22. The first kappa shape index (κ1) is 22.8. The third-order valence-corrected chi connectivity index (χ3v) is 7.01. The first-order chi connectivity index (χ1) is 14.8. The number of ether oxygens (including phenoxy) is 1. The lowest BCUT2D eigenvalue weighted by Gasteiger charge is -2.43. The van der Waals surface area contributed by atoms with Crippen molar-refractivity contribution in [3.8, 4) is 5.75 Å². The molecule has 163 valence electrons. The minimum absolute atomic E-state index is 0.0273. The highest BCUT2D eigenvalue weighted by atomic mass is 28.3. The lowest BCUT2D eigenvalue weighted by molar-refractivity contribution is -0.125. The van der Waals surface area contributed by atoms with Gasteiger partial charge in [-0.15, -0.1) is 0 Å². The number of carbonyl (C=O) groups is 1. The molecule has 0 saturated heterocycles. The lowest BCUT2D eigenvalue weighted by Crippen LogP contribution is -2.40. The second kappa shape index (κ2) is 9.07. The Kier molecular flexibility index (Phi) is 6.67. The number of hydrogen-bond acceptors (Lipinski definition) is 5. The van der Waals surface area contributed by atoms with Crippen molar-refractivity contribution in [3.05, 3.63) is 65.0 Å². The molecule has 0 spiro atoms. The molecule has 1 amide bonds. The van der Waals surface area contributed by atoms with E-state index in [1.807, 2.05) is 50.0 Å². The maximum atomic E-state index is 13.1. The van der Waals surface area contributed by atoms with E-state index in [0.29, 0.717) is 13.0 Å². The molecular weight excluding hydrogens is 406 g/mol. The summed E-state index contributed by atoms with van der Waals surface area (Å²) >= 11 is 0. The van der Waals surface area contributed by atoms with Crippen molar-refractivity contribution in [3.63, 3.8) is 0 Å². The second-order valence-corrected chi connectivity index (χ2v) is 9.73. The zero-order chi connectivity index (χ0) is 22.8. The van der Waals surface area contributed by atoms with Crippen LogP contribution in [0.15, 0.2) is 64.5 Å². The summed E-state index contributed by atoms with van der Waals surface area (Å²) in [6.45, 7) is 6.39. The minimum atomic E-state index is -1.64. The van der Waals surface area contributed by atoms with Gasteiger partial charge in [0, 0.05) is 54.8 Å². The van der Waals surface area contributed by atoms with E-state index in [-0.39, 0.29) is 5.91 Å². The molecule has 1 unspecified atom stereocenters. The average molecular weight is 437 g/mol. The molecule has 7 heteroatoms. The molecule has 6 nitrogen and oxygen atoms in total. The molecule has 1 aromatic carbocycles. The standard InChI is InChI=1S/C24H30N3O3Si/c1-6-30-22-10-8-18(31(5)29)11-19(22)21-15-27(4)23(28)20-9-7-16(12-24(20,21)2)17(13-25)14-26-3/h7-11,13-15,29H,6,12,25H2,1-5H3. The minimum Gasteiger partial charge on any atom is -0.493 e. The lowest BCUT2D eigenvalue weighted by atomic mass is 9.64. The summed E-state index contributed by atoms with van der Waals surface area (Å²) in [5.41, 5.74) is 9.73. The first-order valence-corrected chi connectivity index (χ1v) is 12.3. The normalized spacial score (nSPS) is 21.8. The van der Waals surface area contributed by atoms with Crippen LogP contribution in [0.25, 0.3) is 5.57 Å². The number of allylic oxidation sites excluding steroid dienone is 5. The predicted molar refractivity (Wildman–Crippen MR) is 127 cm³/mol. The van der Waals surface area contributed by atoms with Crippen molar-refractivity contribution in [1.29, 1.82) is 0 Å². The van der Waals surface area contributed by atoms with Gasteiger partial charge in [-0.2, -0.15) is 0 Å². The van der Waals surface area contributed by atoms with Gasteiger partial charge in [0.05, 0.1) is 6.61 Å². The van der Waals surface area contributed by atoms with Crippen molar-refractivity contribution in [2.24, 2.45) is 16.1 Å². The highest BCUT2D eigenvalue weighted by Gasteiger charge is 2.45. The number of benzene rings is 1. The number of fused-ring (bicyclic) bond motifs is 1. The zero-order valence-electron chi connectivity index (χ0n) is 18.8. The Hall–Kier alpha value is -2.90. The van der Waals surface area contributed by atoms with Crippen LogP contribution in [0.2, 0.25) is 6.55 Å². The van der Waals surface area contributed by atoms with E-state index in [1.54, 1.807) is 31.4 Å². The van der Waals surface area contributed by atoms with Gasteiger partial charge < -0.3 is 20.2 Å². The van der Waals surface area contributed by atoms with Crippen molar-refractivity contribution in [2.45, 2.75) is 26.8 Å². The third kappa shape index (κ3) is 4.15. The second-order valence-electron chi connectivity index (χ2n) is 7.98. The summed E-state index contributed by atoms with van der Waals surface area (Å²) < 4.78 is 5.94. The molecule has 1 aliphatic heterocycles. The van der Waals surface area contributed by atoms with E-state index in [0.717, 1.165) is 38.8 Å². The molecule has 2 aliphatic rings. The number of nitrogens with two attached hydrogens (primary N) is 1. The van der Waals surface area contributed by atoms with Crippen LogP contribution in [0.1, 0.15) is 25.8 Å². The van der Waals surface area contributed by atoms with Crippen LogP contribution >= 0.6 is 0 Å². The summed E-state index contributed by atoms with van der Waals surface area (Å²) in [5.74, 6) is 0.713. The van der Waals surface area contributed by atoms with Crippen molar-refractivity contribution < 1.29 is 14.3 Å². The van der Waals surface area contributed by atoms with Crippen LogP contribution in [0.3, 0.4) is 0 Å². The molecule has 3 rings (SSSR count). The molecular formula is C24H30N3O3Si. The quantitative estimate of drug-likeness (QED) is 0.530. The van der Waals surface area contributed by atoms with E-state index < -0.39 is 14.5 Å². The van der Waals surface area contributed by atoms with Crippen LogP contribution < -0.4 is 15.7 Å². The summed E-state index contributed by atoms with van der Waals surface area (Å²) in [5, 5.41) is 0.894. The average Bonchev–Trinajstić information content (AvgIpc) is 2.74.